The van der Waals surface area contributed by atoms with Crippen LogP contribution in [0.15, 0.2) is 54.6 Å². The Kier molecular flexibility index (Phi) is 8.66. The fraction of sp³-hybridized carbons (Fsp3) is 0.440. The van der Waals surface area contributed by atoms with Crippen molar-refractivity contribution in [1.29, 1.82) is 0 Å². The fourth-order valence-electron chi connectivity index (χ4n) is 2.89. The number of unbranched alkanes of at least 4 members (excludes halogenated alkanes) is 1. The van der Waals surface area contributed by atoms with Crippen molar-refractivity contribution in [3.8, 4) is 5.75 Å². The predicted octanol–water partition coefficient (Wildman–Crippen LogP) is 4.63. The molecule has 2 rings (SSSR count). The smallest absolute Gasteiger partial charge is 0.408 e. The predicted molar refractivity (Wildman–Crippen MR) is 124 cm³/mol. The molecule has 0 radical (unpaired) electrons. The first-order valence-electron chi connectivity index (χ1n) is 10.9. The van der Waals surface area contributed by atoms with Gasteiger partial charge in [-0.25, -0.2) is 4.79 Å². The normalized spacial score (nSPS) is 13.1. The van der Waals surface area contributed by atoms with E-state index in [1.165, 1.54) is 12.5 Å². The second-order valence-electron chi connectivity index (χ2n) is 8.89. The highest BCUT2D eigenvalue weighted by Crippen LogP contribution is 2.23. The standard InChI is InChI=1S/C25H34N2O5/c1-6-7-11-19-14-16-21(17-15-19)32-27(20-12-9-8-10-13-20)22(29)25(5,18-28)26-23(30)31-24(2,3)4/h8-10,12-17,28H,6-7,11,18H2,1-5H3,(H,26,30). The van der Waals surface area contributed by atoms with Gasteiger partial charge in [0.05, 0.1) is 12.3 Å². The maximum Gasteiger partial charge on any atom is 0.408 e. The number of rotatable bonds is 9. The Labute approximate surface area is 190 Å². The first kappa shape index (κ1) is 25.2. The minimum absolute atomic E-state index is 0.457. The van der Waals surface area contributed by atoms with Gasteiger partial charge in [0.2, 0.25) is 0 Å². The monoisotopic (exact) mass is 442 g/mol. The molecular weight excluding hydrogens is 408 g/mol. The zero-order chi connectivity index (χ0) is 23.8. The van der Waals surface area contributed by atoms with E-state index < -0.39 is 29.7 Å². The van der Waals surface area contributed by atoms with Crippen LogP contribution in [0, 0.1) is 0 Å². The number of carbonyl (C=O) groups is 2. The van der Waals surface area contributed by atoms with Gasteiger partial charge in [-0.2, -0.15) is 0 Å². The Hall–Kier alpha value is -3.06. The van der Waals surface area contributed by atoms with Gasteiger partial charge >= 0.3 is 6.09 Å². The molecule has 7 heteroatoms. The highest BCUT2D eigenvalue weighted by atomic mass is 16.7. The third kappa shape index (κ3) is 7.27. The van der Waals surface area contributed by atoms with Crippen molar-refractivity contribution in [2.75, 3.05) is 11.7 Å². The molecule has 0 aromatic heterocycles. The number of ether oxygens (including phenoxy) is 1. The molecule has 32 heavy (non-hydrogen) atoms. The molecular formula is C25H34N2O5. The van der Waals surface area contributed by atoms with Gasteiger partial charge < -0.3 is 20.0 Å². The molecule has 0 fully saturated rings. The lowest BCUT2D eigenvalue weighted by Crippen LogP contribution is -2.61. The molecule has 0 aliphatic rings. The molecule has 2 aromatic carbocycles. The van der Waals surface area contributed by atoms with Crippen LogP contribution < -0.4 is 15.2 Å². The Morgan fingerprint density at radius 2 is 1.62 bits per heavy atom. The van der Waals surface area contributed by atoms with Crippen molar-refractivity contribution in [1.82, 2.24) is 5.32 Å². The number of anilines is 1. The number of amides is 2. The Morgan fingerprint density at radius 3 is 2.16 bits per heavy atom. The van der Waals surface area contributed by atoms with Crippen LogP contribution in [0.2, 0.25) is 0 Å². The number of aryl methyl sites for hydroxylation is 1. The molecule has 2 N–H and O–H groups in total. The molecule has 7 nitrogen and oxygen atoms in total. The van der Waals surface area contributed by atoms with Crippen molar-refractivity contribution in [2.24, 2.45) is 0 Å². The third-order valence-corrected chi connectivity index (χ3v) is 4.68. The number of alkyl carbamates (subject to hydrolysis) is 1. The fourth-order valence-corrected chi connectivity index (χ4v) is 2.89. The average Bonchev–Trinajstić information content (AvgIpc) is 2.75. The Balaban J connectivity index is 2.29. The van der Waals surface area contributed by atoms with Crippen LogP contribution in [-0.4, -0.2) is 34.9 Å². The van der Waals surface area contributed by atoms with Gasteiger partial charge in [-0.3, -0.25) is 4.79 Å². The SMILES string of the molecule is CCCCc1ccc(ON(C(=O)C(C)(CO)NC(=O)OC(C)(C)C)c2ccccc2)cc1. The zero-order valence-corrected chi connectivity index (χ0v) is 19.6. The number of hydrogen-bond donors (Lipinski definition) is 2. The van der Waals surface area contributed by atoms with Crippen LogP contribution in [-0.2, 0) is 16.0 Å². The lowest BCUT2D eigenvalue weighted by molar-refractivity contribution is -0.130. The first-order chi connectivity index (χ1) is 15.1. The minimum Gasteiger partial charge on any atom is -0.444 e. The van der Waals surface area contributed by atoms with E-state index in [0.717, 1.165) is 24.3 Å². The molecule has 0 saturated carbocycles. The van der Waals surface area contributed by atoms with E-state index in [1.807, 2.05) is 18.2 Å². The van der Waals surface area contributed by atoms with E-state index in [0.29, 0.717) is 11.4 Å². The second-order valence-corrected chi connectivity index (χ2v) is 8.89. The van der Waals surface area contributed by atoms with Gasteiger partial charge in [-0.05, 0) is 70.4 Å². The van der Waals surface area contributed by atoms with Crippen molar-refractivity contribution in [3.05, 3.63) is 60.2 Å². The van der Waals surface area contributed by atoms with Crippen molar-refractivity contribution in [3.63, 3.8) is 0 Å². The van der Waals surface area contributed by atoms with Gasteiger partial charge in [-0.15, -0.1) is 5.06 Å². The molecule has 0 heterocycles. The van der Waals surface area contributed by atoms with Crippen LogP contribution in [0.25, 0.3) is 0 Å². The maximum absolute atomic E-state index is 13.5. The summed E-state index contributed by atoms with van der Waals surface area (Å²) >= 11 is 0. The summed E-state index contributed by atoms with van der Waals surface area (Å²) in [7, 11) is 0. The summed E-state index contributed by atoms with van der Waals surface area (Å²) in [5.74, 6) is -0.188. The molecule has 0 aliphatic heterocycles. The largest absolute Gasteiger partial charge is 0.444 e. The van der Waals surface area contributed by atoms with E-state index in [1.54, 1.807) is 57.2 Å². The number of hydroxylamine groups is 1. The number of benzene rings is 2. The van der Waals surface area contributed by atoms with E-state index in [9.17, 15) is 14.7 Å². The minimum atomic E-state index is -1.67. The third-order valence-electron chi connectivity index (χ3n) is 4.68. The Morgan fingerprint density at radius 1 is 1.00 bits per heavy atom. The molecule has 1 unspecified atom stereocenters. The van der Waals surface area contributed by atoms with Crippen LogP contribution in [0.1, 0.15) is 53.0 Å². The van der Waals surface area contributed by atoms with Crippen molar-refractivity contribution < 1.29 is 24.3 Å². The summed E-state index contributed by atoms with van der Waals surface area (Å²) < 4.78 is 5.26. The van der Waals surface area contributed by atoms with Gasteiger partial charge in [0.1, 0.15) is 11.1 Å². The summed E-state index contributed by atoms with van der Waals surface area (Å²) in [5, 5.41) is 13.6. The number of nitrogens with zero attached hydrogens (tertiary/aromatic N) is 1. The van der Waals surface area contributed by atoms with Crippen LogP contribution in [0.5, 0.6) is 5.75 Å². The summed E-state index contributed by atoms with van der Waals surface area (Å²) in [5.41, 5.74) is -0.778. The molecule has 0 saturated heterocycles. The second kappa shape index (κ2) is 11.0. The average molecular weight is 443 g/mol. The van der Waals surface area contributed by atoms with Crippen molar-refractivity contribution in [2.45, 2.75) is 65.0 Å². The maximum atomic E-state index is 13.5. The molecule has 0 spiro atoms. The molecule has 1 atom stereocenters. The molecule has 2 amide bonds. The lowest BCUT2D eigenvalue weighted by Gasteiger charge is -2.33. The lowest BCUT2D eigenvalue weighted by atomic mass is 10.0. The van der Waals surface area contributed by atoms with Crippen LogP contribution >= 0.6 is 0 Å². The highest BCUT2D eigenvalue weighted by Gasteiger charge is 2.41. The highest BCUT2D eigenvalue weighted by molar-refractivity contribution is 6.00. The molecule has 174 valence electrons. The Bertz CT molecular complexity index is 877. The molecule has 0 bridgehead atoms. The number of nitrogens with one attached hydrogen (secondary N) is 1. The number of carbonyl (C=O) groups excluding carboxylic acids is 2. The van der Waals surface area contributed by atoms with Gasteiger partial charge in [-0.1, -0.05) is 43.7 Å². The topological polar surface area (TPSA) is 88.1 Å². The quantitative estimate of drug-likeness (QED) is 0.553. The number of hydrogen-bond acceptors (Lipinski definition) is 5. The summed E-state index contributed by atoms with van der Waals surface area (Å²) in [6, 6.07) is 16.3. The zero-order valence-electron chi connectivity index (χ0n) is 19.6. The van der Waals surface area contributed by atoms with E-state index in [4.69, 9.17) is 9.57 Å². The first-order valence-corrected chi connectivity index (χ1v) is 10.9. The number of aliphatic hydroxyl groups is 1. The van der Waals surface area contributed by atoms with E-state index >= 15 is 0 Å². The van der Waals surface area contributed by atoms with Gasteiger partial charge in [0.25, 0.3) is 5.91 Å². The summed E-state index contributed by atoms with van der Waals surface area (Å²) in [4.78, 5) is 31.7. The van der Waals surface area contributed by atoms with Gasteiger partial charge in [0.15, 0.2) is 5.75 Å². The van der Waals surface area contributed by atoms with Crippen LogP contribution in [0.3, 0.4) is 0 Å². The number of aliphatic hydroxyl groups excluding tert-OH is 1. The van der Waals surface area contributed by atoms with E-state index in [-0.39, 0.29) is 0 Å². The summed E-state index contributed by atoms with van der Waals surface area (Å²) in [6.07, 6.45) is 2.37. The van der Waals surface area contributed by atoms with Gasteiger partial charge in [0, 0.05) is 0 Å². The van der Waals surface area contributed by atoms with Crippen LogP contribution in [0.4, 0.5) is 10.5 Å². The summed E-state index contributed by atoms with van der Waals surface area (Å²) in [6.45, 7) is 8.07. The van der Waals surface area contributed by atoms with E-state index in [2.05, 4.69) is 12.2 Å². The molecule has 0 aliphatic carbocycles. The molecule has 2 aromatic rings. The number of para-hydroxylation sites is 1. The van der Waals surface area contributed by atoms with Crippen molar-refractivity contribution >= 4 is 17.7 Å².